The first-order valence-electron chi connectivity index (χ1n) is 10.6. The van der Waals surface area contributed by atoms with Gasteiger partial charge in [-0.05, 0) is 43.7 Å². The summed E-state index contributed by atoms with van der Waals surface area (Å²) in [6.07, 6.45) is 2.26. The average molecular weight is 450 g/mol. The van der Waals surface area contributed by atoms with Crippen LogP contribution in [0.3, 0.4) is 0 Å². The lowest BCUT2D eigenvalue weighted by Gasteiger charge is -2.13. The first-order valence-corrected chi connectivity index (χ1v) is 11.5. The number of aromatic nitrogens is 2. The second kappa shape index (κ2) is 8.03. The molecular formula is C24H23N3O4S. The van der Waals surface area contributed by atoms with E-state index in [0.29, 0.717) is 47.8 Å². The molecule has 3 aromatic heterocycles. The zero-order valence-corrected chi connectivity index (χ0v) is 18.7. The number of hydrogen-bond acceptors (Lipinski definition) is 6. The summed E-state index contributed by atoms with van der Waals surface area (Å²) in [5, 5.41) is 10.7. The molecular weight excluding hydrogens is 426 g/mol. The first kappa shape index (κ1) is 20.7. The zero-order valence-electron chi connectivity index (χ0n) is 17.9. The number of carbonyl (C=O) groups is 2. The summed E-state index contributed by atoms with van der Waals surface area (Å²) < 4.78 is 8.71. The van der Waals surface area contributed by atoms with E-state index in [0.717, 1.165) is 21.3 Å². The van der Waals surface area contributed by atoms with Gasteiger partial charge < -0.3 is 14.7 Å². The van der Waals surface area contributed by atoms with Crippen molar-refractivity contribution in [3.05, 3.63) is 53.2 Å². The van der Waals surface area contributed by atoms with Crippen molar-refractivity contribution in [3.8, 4) is 11.5 Å². The zero-order chi connectivity index (χ0) is 22.4. The molecule has 1 aliphatic heterocycles. The average Bonchev–Trinajstić information content (AvgIpc) is 3.49. The SMILES string of the molecule is CCC(=O)n1c(C)cc2cc(Oc3ccnc4cc(C(=O)N5CCC(O)C5)sc34)ccc21. The number of aryl methyl sites for hydroxylation is 1. The smallest absolute Gasteiger partial charge is 0.264 e. The van der Waals surface area contributed by atoms with Gasteiger partial charge >= 0.3 is 0 Å². The highest BCUT2D eigenvalue weighted by atomic mass is 32.1. The number of carbonyl (C=O) groups excluding carboxylic acids is 2. The highest BCUT2D eigenvalue weighted by Gasteiger charge is 2.27. The number of ether oxygens (including phenoxy) is 1. The van der Waals surface area contributed by atoms with E-state index in [1.165, 1.54) is 11.3 Å². The van der Waals surface area contributed by atoms with Crippen LogP contribution in [0.5, 0.6) is 11.5 Å². The standard InChI is InChI=1S/C24H23N3O4S/c1-3-22(29)27-14(2)10-15-11-17(4-5-19(15)27)31-20-6-8-25-18-12-21(32-23(18)20)24(30)26-9-7-16(28)13-26/h4-6,8,10-12,16,28H,3,7,9,13H2,1-2H3. The van der Waals surface area contributed by atoms with Crippen molar-refractivity contribution in [1.82, 2.24) is 14.5 Å². The van der Waals surface area contributed by atoms with Gasteiger partial charge in [0.25, 0.3) is 5.91 Å². The number of pyridine rings is 1. The number of fused-ring (bicyclic) bond motifs is 2. The van der Waals surface area contributed by atoms with Crippen LogP contribution in [0.15, 0.2) is 42.6 Å². The molecule has 5 rings (SSSR count). The minimum Gasteiger partial charge on any atom is -0.456 e. The van der Waals surface area contributed by atoms with E-state index in [9.17, 15) is 14.7 Å². The van der Waals surface area contributed by atoms with E-state index in [1.54, 1.807) is 27.8 Å². The second-order valence-electron chi connectivity index (χ2n) is 8.02. The van der Waals surface area contributed by atoms with Gasteiger partial charge in [-0.2, -0.15) is 0 Å². The van der Waals surface area contributed by atoms with Crippen LogP contribution in [0.2, 0.25) is 0 Å². The van der Waals surface area contributed by atoms with E-state index in [2.05, 4.69) is 4.98 Å². The molecule has 7 nitrogen and oxygen atoms in total. The number of aliphatic hydroxyl groups excluding tert-OH is 1. The van der Waals surface area contributed by atoms with Gasteiger partial charge in [0.05, 0.1) is 26.7 Å². The highest BCUT2D eigenvalue weighted by Crippen LogP contribution is 2.36. The van der Waals surface area contributed by atoms with Crippen molar-refractivity contribution in [3.63, 3.8) is 0 Å². The molecule has 1 N–H and O–H groups in total. The van der Waals surface area contributed by atoms with Crippen molar-refractivity contribution in [1.29, 1.82) is 0 Å². The van der Waals surface area contributed by atoms with Gasteiger partial charge in [-0.3, -0.25) is 19.1 Å². The van der Waals surface area contributed by atoms with Gasteiger partial charge in [-0.1, -0.05) is 6.92 Å². The molecule has 0 radical (unpaired) electrons. The van der Waals surface area contributed by atoms with E-state index in [-0.39, 0.29) is 11.8 Å². The molecule has 0 spiro atoms. The fraction of sp³-hybridized carbons (Fsp3) is 0.292. The quantitative estimate of drug-likeness (QED) is 0.492. The van der Waals surface area contributed by atoms with E-state index < -0.39 is 6.10 Å². The van der Waals surface area contributed by atoms with Gasteiger partial charge in [-0.25, -0.2) is 0 Å². The monoisotopic (exact) mass is 449 g/mol. The molecule has 4 heterocycles. The molecule has 1 aliphatic rings. The molecule has 1 saturated heterocycles. The topological polar surface area (TPSA) is 84.7 Å². The molecule has 1 atom stereocenters. The van der Waals surface area contributed by atoms with E-state index in [1.807, 2.05) is 38.1 Å². The van der Waals surface area contributed by atoms with Crippen LogP contribution in [0.4, 0.5) is 0 Å². The van der Waals surface area contributed by atoms with Crippen molar-refractivity contribution in [2.24, 2.45) is 0 Å². The third kappa shape index (κ3) is 3.55. The summed E-state index contributed by atoms with van der Waals surface area (Å²) in [5.41, 5.74) is 2.45. The fourth-order valence-electron chi connectivity index (χ4n) is 4.19. The Bertz CT molecular complexity index is 1360. The minimum absolute atomic E-state index is 0.0586. The first-order chi connectivity index (χ1) is 15.4. The third-order valence-corrected chi connectivity index (χ3v) is 6.90. The van der Waals surface area contributed by atoms with E-state index >= 15 is 0 Å². The largest absolute Gasteiger partial charge is 0.456 e. The molecule has 1 amide bonds. The van der Waals surface area contributed by atoms with Crippen LogP contribution in [0, 0.1) is 6.92 Å². The summed E-state index contributed by atoms with van der Waals surface area (Å²) in [6, 6.07) is 11.2. The van der Waals surface area contributed by atoms with Crippen LogP contribution in [0.25, 0.3) is 21.1 Å². The van der Waals surface area contributed by atoms with Crippen LogP contribution in [-0.2, 0) is 0 Å². The number of benzene rings is 1. The lowest BCUT2D eigenvalue weighted by Crippen LogP contribution is -2.28. The number of β-amino-alcohol motifs (C(OH)–C–C–N with tert-alkyl or cyclic N) is 1. The summed E-state index contributed by atoms with van der Waals surface area (Å²) in [4.78, 5) is 31.8. The fourth-order valence-corrected chi connectivity index (χ4v) is 5.23. The van der Waals surface area contributed by atoms with E-state index in [4.69, 9.17) is 4.74 Å². The Balaban J connectivity index is 1.46. The maximum atomic E-state index is 12.8. The predicted octanol–water partition coefficient (Wildman–Crippen LogP) is 4.61. The molecule has 0 aliphatic carbocycles. The van der Waals surface area contributed by atoms with Crippen molar-refractivity contribution in [2.75, 3.05) is 13.1 Å². The number of thiophene rings is 1. The second-order valence-corrected chi connectivity index (χ2v) is 9.07. The van der Waals surface area contributed by atoms with Gasteiger partial charge in [-0.15, -0.1) is 11.3 Å². The van der Waals surface area contributed by atoms with Gasteiger partial charge in [0.2, 0.25) is 5.91 Å². The summed E-state index contributed by atoms with van der Waals surface area (Å²) in [5.74, 6) is 1.24. The molecule has 4 aromatic rings. The van der Waals surface area contributed by atoms with Gasteiger partial charge in [0.1, 0.15) is 11.5 Å². The van der Waals surface area contributed by atoms with Gasteiger partial charge in [0.15, 0.2) is 0 Å². The summed E-state index contributed by atoms with van der Waals surface area (Å²) in [7, 11) is 0. The predicted molar refractivity (Wildman–Crippen MR) is 124 cm³/mol. The Morgan fingerprint density at radius 2 is 2.09 bits per heavy atom. The number of aliphatic hydroxyl groups is 1. The Labute approximate surface area is 188 Å². The molecule has 1 fully saturated rings. The Kier molecular flexibility index (Phi) is 5.19. The highest BCUT2D eigenvalue weighted by molar-refractivity contribution is 7.21. The van der Waals surface area contributed by atoms with Crippen molar-refractivity contribution < 1.29 is 19.4 Å². The van der Waals surface area contributed by atoms with Crippen LogP contribution >= 0.6 is 11.3 Å². The number of nitrogens with zero attached hydrogens (tertiary/aromatic N) is 3. The molecule has 1 unspecified atom stereocenters. The van der Waals surface area contributed by atoms with Crippen LogP contribution < -0.4 is 4.74 Å². The van der Waals surface area contributed by atoms with Crippen molar-refractivity contribution in [2.45, 2.75) is 32.8 Å². The Hall–Kier alpha value is -3.23. The molecule has 0 saturated carbocycles. The molecule has 1 aromatic carbocycles. The normalized spacial score (nSPS) is 16.2. The van der Waals surface area contributed by atoms with Gasteiger partial charge in [0, 0.05) is 42.9 Å². The maximum Gasteiger partial charge on any atom is 0.264 e. The van der Waals surface area contributed by atoms with Crippen LogP contribution in [0.1, 0.15) is 39.9 Å². The summed E-state index contributed by atoms with van der Waals surface area (Å²) in [6.45, 7) is 4.70. The van der Waals surface area contributed by atoms with Crippen molar-refractivity contribution >= 4 is 44.3 Å². The molecule has 164 valence electrons. The number of amides is 1. The number of hydrogen-bond donors (Lipinski definition) is 1. The number of likely N-dealkylation sites (tertiary alicyclic amines) is 1. The lowest BCUT2D eigenvalue weighted by molar-refractivity contribution is 0.0769. The minimum atomic E-state index is -0.452. The number of rotatable bonds is 4. The third-order valence-electron chi connectivity index (χ3n) is 5.77. The Morgan fingerprint density at radius 3 is 2.84 bits per heavy atom. The maximum absolute atomic E-state index is 12.8. The Morgan fingerprint density at radius 1 is 1.25 bits per heavy atom. The lowest BCUT2D eigenvalue weighted by atomic mass is 10.2. The molecule has 8 heteroatoms. The van der Waals surface area contributed by atoms with Crippen LogP contribution in [-0.4, -0.2) is 50.6 Å². The molecule has 0 bridgehead atoms. The molecule has 32 heavy (non-hydrogen) atoms. The summed E-state index contributed by atoms with van der Waals surface area (Å²) >= 11 is 1.35.